The van der Waals surface area contributed by atoms with Crippen molar-refractivity contribution in [2.45, 2.75) is 44.8 Å². The normalized spacial score (nSPS) is 23.0. The minimum Gasteiger partial charge on any atom is -0.327 e. The molecule has 2 N–H and O–H groups in total. The highest BCUT2D eigenvalue weighted by molar-refractivity contribution is 6.30. The van der Waals surface area contributed by atoms with Crippen molar-refractivity contribution in [3.8, 4) is 0 Å². The van der Waals surface area contributed by atoms with E-state index >= 15 is 0 Å². The molecule has 100 valence electrons. The number of nitrogens with two attached hydrogens (primary N) is 1. The van der Waals surface area contributed by atoms with Crippen molar-refractivity contribution < 1.29 is 4.39 Å². The van der Waals surface area contributed by atoms with Crippen molar-refractivity contribution in [2.24, 2.45) is 5.73 Å². The number of piperidine rings is 1. The smallest absolute Gasteiger partial charge is 0.129 e. The maximum atomic E-state index is 13.8. The van der Waals surface area contributed by atoms with E-state index in [0.29, 0.717) is 23.2 Å². The fourth-order valence-electron chi connectivity index (χ4n) is 2.68. The highest BCUT2D eigenvalue weighted by Gasteiger charge is 2.25. The van der Waals surface area contributed by atoms with Crippen LogP contribution in [0.4, 0.5) is 4.39 Å². The summed E-state index contributed by atoms with van der Waals surface area (Å²) in [6, 6.07) is 5.37. The van der Waals surface area contributed by atoms with Gasteiger partial charge in [0.15, 0.2) is 0 Å². The SMILES string of the molecule is CC(N)C1CCCCN1Cc1ccc(Cl)cc1F. The van der Waals surface area contributed by atoms with Crippen LogP contribution >= 0.6 is 11.6 Å². The molecule has 0 spiro atoms. The molecule has 4 heteroatoms. The molecular formula is C14H20ClFN2. The maximum Gasteiger partial charge on any atom is 0.129 e. The summed E-state index contributed by atoms with van der Waals surface area (Å²) in [6.45, 7) is 3.64. The number of hydrogen-bond acceptors (Lipinski definition) is 2. The van der Waals surface area contributed by atoms with Gasteiger partial charge in [-0.2, -0.15) is 0 Å². The van der Waals surface area contributed by atoms with Gasteiger partial charge in [0, 0.05) is 29.2 Å². The summed E-state index contributed by atoms with van der Waals surface area (Å²) >= 11 is 5.77. The van der Waals surface area contributed by atoms with E-state index in [1.54, 1.807) is 12.1 Å². The molecule has 0 bridgehead atoms. The largest absolute Gasteiger partial charge is 0.327 e. The molecule has 1 saturated heterocycles. The van der Waals surface area contributed by atoms with E-state index in [4.69, 9.17) is 17.3 Å². The predicted octanol–water partition coefficient (Wildman–Crippen LogP) is 3.18. The lowest BCUT2D eigenvalue weighted by Gasteiger charge is -2.38. The first-order valence-corrected chi connectivity index (χ1v) is 6.89. The molecule has 2 unspecified atom stereocenters. The van der Waals surface area contributed by atoms with Crippen LogP contribution in [-0.2, 0) is 6.54 Å². The zero-order valence-corrected chi connectivity index (χ0v) is 11.5. The summed E-state index contributed by atoms with van der Waals surface area (Å²) in [7, 11) is 0. The van der Waals surface area contributed by atoms with Crippen LogP contribution in [-0.4, -0.2) is 23.5 Å². The molecule has 1 aromatic carbocycles. The molecule has 2 nitrogen and oxygen atoms in total. The molecule has 1 aliphatic heterocycles. The molecule has 0 saturated carbocycles. The molecule has 18 heavy (non-hydrogen) atoms. The number of nitrogens with zero attached hydrogens (tertiary/aromatic N) is 1. The molecule has 1 heterocycles. The number of benzene rings is 1. The van der Waals surface area contributed by atoms with Gasteiger partial charge in [0.05, 0.1) is 0 Å². The van der Waals surface area contributed by atoms with Crippen LogP contribution in [0.1, 0.15) is 31.7 Å². The van der Waals surface area contributed by atoms with Gasteiger partial charge in [0.2, 0.25) is 0 Å². The van der Waals surface area contributed by atoms with Gasteiger partial charge in [-0.05, 0) is 38.4 Å². The summed E-state index contributed by atoms with van der Waals surface area (Å²) in [5.41, 5.74) is 6.72. The third kappa shape index (κ3) is 3.22. The van der Waals surface area contributed by atoms with Gasteiger partial charge in [-0.25, -0.2) is 4.39 Å². The zero-order chi connectivity index (χ0) is 13.1. The van der Waals surface area contributed by atoms with Crippen molar-refractivity contribution in [1.29, 1.82) is 0 Å². The Kier molecular flexibility index (Phi) is 4.60. The first-order chi connectivity index (χ1) is 8.58. The molecule has 1 fully saturated rings. The fraction of sp³-hybridized carbons (Fsp3) is 0.571. The lowest BCUT2D eigenvalue weighted by molar-refractivity contribution is 0.121. The molecule has 1 aliphatic rings. The standard InChI is InChI=1S/C14H20ClFN2/c1-10(17)14-4-2-3-7-18(14)9-11-5-6-12(15)8-13(11)16/h5-6,8,10,14H,2-4,7,9,17H2,1H3. The zero-order valence-electron chi connectivity index (χ0n) is 10.7. The number of halogens is 2. The van der Waals surface area contributed by atoms with Gasteiger partial charge in [-0.15, -0.1) is 0 Å². The first-order valence-electron chi connectivity index (χ1n) is 6.51. The first kappa shape index (κ1) is 13.8. The highest BCUT2D eigenvalue weighted by Crippen LogP contribution is 2.23. The highest BCUT2D eigenvalue weighted by atomic mass is 35.5. The van der Waals surface area contributed by atoms with E-state index < -0.39 is 0 Å². The maximum absolute atomic E-state index is 13.8. The van der Waals surface area contributed by atoms with E-state index in [-0.39, 0.29) is 11.9 Å². The van der Waals surface area contributed by atoms with Crippen LogP contribution in [0.25, 0.3) is 0 Å². The Morgan fingerprint density at radius 3 is 2.94 bits per heavy atom. The Bertz CT molecular complexity index is 409. The van der Waals surface area contributed by atoms with E-state index in [1.165, 1.54) is 18.9 Å². The minimum atomic E-state index is -0.225. The molecular weight excluding hydrogens is 251 g/mol. The Morgan fingerprint density at radius 2 is 2.28 bits per heavy atom. The number of likely N-dealkylation sites (tertiary alicyclic amines) is 1. The van der Waals surface area contributed by atoms with Gasteiger partial charge >= 0.3 is 0 Å². The third-order valence-electron chi connectivity index (χ3n) is 3.66. The third-order valence-corrected chi connectivity index (χ3v) is 3.89. The van der Waals surface area contributed by atoms with E-state index in [2.05, 4.69) is 4.90 Å². The van der Waals surface area contributed by atoms with Gasteiger partial charge in [-0.3, -0.25) is 4.90 Å². The number of rotatable bonds is 3. The predicted molar refractivity (Wildman–Crippen MR) is 73.1 cm³/mol. The summed E-state index contributed by atoms with van der Waals surface area (Å²) in [5, 5.41) is 0.443. The molecule has 1 aromatic rings. The topological polar surface area (TPSA) is 29.3 Å². The molecule has 2 rings (SSSR count). The van der Waals surface area contributed by atoms with E-state index in [9.17, 15) is 4.39 Å². The van der Waals surface area contributed by atoms with E-state index in [0.717, 1.165) is 13.0 Å². The van der Waals surface area contributed by atoms with Gasteiger partial charge < -0.3 is 5.73 Å². The summed E-state index contributed by atoms with van der Waals surface area (Å²) in [4.78, 5) is 2.29. The van der Waals surface area contributed by atoms with Crippen LogP contribution in [0.15, 0.2) is 18.2 Å². The lowest BCUT2D eigenvalue weighted by atomic mass is 9.96. The van der Waals surface area contributed by atoms with Crippen LogP contribution in [0, 0.1) is 5.82 Å². The van der Waals surface area contributed by atoms with Gasteiger partial charge in [-0.1, -0.05) is 24.1 Å². The van der Waals surface area contributed by atoms with Crippen molar-refractivity contribution in [3.05, 3.63) is 34.6 Å². The van der Waals surface area contributed by atoms with Gasteiger partial charge in [0.1, 0.15) is 5.82 Å². The van der Waals surface area contributed by atoms with Crippen LogP contribution in [0.2, 0.25) is 5.02 Å². The molecule has 0 radical (unpaired) electrons. The Labute approximate surface area is 113 Å². The second-order valence-corrected chi connectivity index (χ2v) is 5.56. The molecule has 0 aliphatic carbocycles. The van der Waals surface area contributed by atoms with Crippen molar-refractivity contribution >= 4 is 11.6 Å². The summed E-state index contributed by atoms with van der Waals surface area (Å²) < 4.78 is 13.8. The summed E-state index contributed by atoms with van der Waals surface area (Å²) in [6.07, 6.45) is 3.48. The van der Waals surface area contributed by atoms with Crippen molar-refractivity contribution in [3.63, 3.8) is 0 Å². The quantitative estimate of drug-likeness (QED) is 0.914. The average molecular weight is 271 g/mol. The van der Waals surface area contributed by atoms with E-state index in [1.807, 2.05) is 6.92 Å². The van der Waals surface area contributed by atoms with Crippen molar-refractivity contribution in [1.82, 2.24) is 4.90 Å². The second-order valence-electron chi connectivity index (χ2n) is 5.13. The molecule has 0 aromatic heterocycles. The minimum absolute atomic E-state index is 0.126. The van der Waals surface area contributed by atoms with Gasteiger partial charge in [0.25, 0.3) is 0 Å². The lowest BCUT2D eigenvalue weighted by Crippen LogP contribution is -2.48. The summed E-state index contributed by atoms with van der Waals surface area (Å²) in [5.74, 6) is -0.225. The Morgan fingerprint density at radius 1 is 1.50 bits per heavy atom. The van der Waals surface area contributed by atoms with Crippen molar-refractivity contribution in [2.75, 3.05) is 6.54 Å². The fourth-order valence-corrected chi connectivity index (χ4v) is 2.84. The Balaban J connectivity index is 2.11. The molecule has 0 amide bonds. The average Bonchev–Trinajstić information content (AvgIpc) is 2.33. The second kappa shape index (κ2) is 6.00. The molecule has 2 atom stereocenters. The Hall–Kier alpha value is -0.640. The monoisotopic (exact) mass is 270 g/mol. The van der Waals surface area contributed by atoms with Crippen LogP contribution in [0.5, 0.6) is 0 Å². The van der Waals surface area contributed by atoms with Crippen LogP contribution < -0.4 is 5.73 Å². The van der Waals surface area contributed by atoms with Crippen LogP contribution in [0.3, 0.4) is 0 Å². The number of hydrogen-bond donors (Lipinski definition) is 1.